The average molecular weight is 280 g/mol. The molecule has 0 bridgehead atoms. The molecule has 0 spiro atoms. The van der Waals surface area contributed by atoms with Crippen molar-refractivity contribution in [2.45, 2.75) is 52.4 Å². The fourth-order valence-corrected chi connectivity index (χ4v) is 3.64. The highest BCUT2D eigenvalue weighted by atomic mass is 14.9. The minimum atomic E-state index is 0.797. The van der Waals surface area contributed by atoms with E-state index in [4.69, 9.17) is 0 Å². The third-order valence-corrected chi connectivity index (χ3v) is 5.10. The molecule has 2 aromatic rings. The number of hydrogen-bond acceptors (Lipinski definition) is 0. The molecule has 0 atom stereocenters. The number of aryl methyl sites for hydroxylation is 4. The second-order valence-corrected chi connectivity index (χ2v) is 6.69. The van der Waals surface area contributed by atoms with E-state index in [2.05, 4.69) is 62.8 Å². The van der Waals surface area contributed by atoms with Crippen molar-refractivity contribution < 1.29 is 4.57 Å². The van der Waals surface area contributed by atoms with Crippen molar-refractivity contribution in [1.29, 1.82) is 0 Å². The molecule has 0 radical (unpaired) electrons. The lowest BCUT2D eigenvalue weighted by molar-refractivity contribution is -0.660. The lowest BCUT2D eigenvalue weighted by atomic mass is 9.93. The Morgan fingerprint density at radius 2 is 1.62 bits per heavy atom. The van der Waals surface area contributed by atoms with Gasteiger partial charge in [0.1, 0.15) is 7.05 Å². The van der Waals surface area contributed by atoms with Crippen LogP contribution in [0.5, 0.6) is 0 Å². The number of rotatable bonds is 2. The summed E-state index contributed by atoms with van der Waals surface area (Å²) in [5.74, 6) is 0.797. The van der Waals surface area contributed by atoms with Crippen LogP contribution in [0.1, 0.15) is 53.9 Å². The van der Waals surface area contributed by atoms with Gasteiger partial charge in [-0.1, -0.05) is 25.0 Å². The van der Waals surface area contributed by atoms with Crippen LogP contribution in [-0.4, -0.2) is 0 Å². The van der Waals surface area contributed by atoms with Crippen LogP contribution in [0, 0.1) is 20.8 Å². The van der Waals surface area contributed by atoms with Crippen LogP contribution in [-0.2, 0) is 7.05 Å². The summed E-state index contributed by atoms with van der Waals surface area (Å²) in [5, 5.41) is 0. The lowest BCUT2D eigenvalue weighted by Crippen LogP contribution is -2.31. The summed E-state index contributed by atoms with van der Waals surface area (Å²) in [7, 11) is 2.14. The molecular weight excluding hydrogens is 254 g/mol. The van der Waals surface area contributed by atoms with E-state index in [1.165, 1.54) is 53.6 Å². The van der Waals surface area contributed by atoms with Gasteiger partial charge in [-0.2, -0.15) is 0 Å². The van der Waals surface area contributed by atoms with E-state index in [0.29, 0.717) is 0 Å². The van der Waals surface area contributed by atoms with Gasteiger partial charge in [-0.3, -0.25) is 0 Å². The van der Waals surface area contributed by atoms with Gasteiger partial charge in [-0.05, 0) is 62.3 Å². The van der Waals surface area contributed by atoms with Crippen molar-refractivity contribution >= 4 is 0 Å². The van der Waals surface area contributed by atoms with Gasteiger partial charge in [0.25, 0.3) is 0 Å². The Morgan fingerprint density at radius 3 is 2.29 bits per heavy atom. The highest BCUT2D eigenvalue weighted by Gasteiger charge is 2.19. The number of hydrogen-bond donors (Lipinski definition) is 0. The first-order valence-electron chi connectivity index (χ1n) is 8.14. The van der Waals surface area contributed by atoms with Crippen molar-refractivity contribution in [2.24, 2.45) is 7.05 Å². The molecule has 1 fully saturated rings. The van der Waals surface area contributed by atoms with Crippen LogP contribution in [0.3, 0.4) is 0 Å². The van der Waals surface area contributed by atoms with E-state index in [1.54, 1.807) is 5.56 Å². The number of benzene rings is 1. The molecule has 0 saturated heterocycles. The van der Waals surface area contributed by atoms with Crippen LogP contribution in [0.15, 0.2) is 30.5 Å². The maximum absolute atomic E-state index is 2.42. The topological polar surface area (TPSA) is 3.88 Å². The predicted molar refractivity (Wildman–Crippen MR) is 88.5 cm³/mol. The standard InChI is InChI=1S/C20H26N/c1-14-12-20(21(4)13-16(14)3)19-10-9-18(11-15(19)2)17-7-5-6-8-17/h9-13,17H,5-8H2,1-4H3/q+1. The highest BCUT2D eigenvalue weighted by molar-refractivity contribution is 5.62. The summed E-state index contributed by atoms with van der Waals surface area (Å²) in [6.07, 6.45) is 7.77. The minimum absolute atomic E-state index is 0.797. The van der Waals surface area contributed by atoms with Crippen molar-refractivity contribution in [3.8, 4) is 11.3 Å². The Labute approximate surface area is 128 Å². The fourth-order valence-electron chi connectivity index (χ4n) is 3.64. The molecule has 3 rings (SSSR count). The molecule has 1 aromatic heterocycles. The SMILES string of the molecule is Cc1cc(-c2ccc(C3CCCC3)cc2C)[n+](C)cc1C. The van der Waals surface area contributed by atoms with E-state index in [-0.39, 0.29) is 0 Å². The van der Waals surface area contributed by atoms with Gasteiger partial charge in [-0.25, -0.2) is 4.57 Å². The zero-order chi connectivity index (χ0) is 15.0. The first-order chi connectivity index (χ1) is 10.1. The molecule has 0 unspecified atom stereocenters. The third-order valence-electron chi connectivity index (χ3n) is 5.10. The van der Waals surface area contributed by atoms with Crippen molar-refractivity contribution in [1.82, 2.24) is 0 Å². The van der Waals surface area contributed by atoms with Crippen molar-refractivity contribution in [3.63, 3.8) is 0 Å². The highest BCUT2D eigenvalue weighted by Crippen LogP contribution is 2.35. The molecule has 21 heavy (non-hydrogen) atoms. The van der Waals surface area contributed by atoms with E-state index >= 15 is 0 Å². The molecule has 0 N–H and O–H groups in total. The first kappa shape index (κ1) is 14.3. The normalized spacial score (nSPS) is 15.6. The molecule has 110 valence electrons. The zero-order valence-electron chi connectivity index (χ0n) is 13.7. The van der Waals surface area contributed by atoms with Crippen molar-refractivity contribution in [3.05, 3.63) is 52.7 Å². The van der Waals surface area contributed by atoms with Gasteiger partial charge in [0.15, 0.2) is 6.20 Å². The molecule has 1 heteroatoms. The minimum Gasteiger partial charge on any atom is -0.201 e. The Kier molecular flexibility index (Phi) is 3.84. The van der Waals surface area contributed by atoms with E-state index in [1.807, 2.05) is 0 Å². The maximum Gasteiger partial charge on any atom is 0.212 e. The molecule has 1 saturated carbocycles. The quantitative estimate of drug-likeness (QED) is 0.698. The average Bonchev–Trinajstić information content (AvgIpc) is 2.97. The molecule has 0 aliphatic heterocycles. The monoisotopic (exact) mass is 280 g/mol. The van der Waals surface area contributed by atoms with Crippen LogP contribution in [0.2, 0.25) is 0 Å². The first-order valence-corrected chi connectivity index (χ1v) is 8.14. The van der Waals surface area contributed by atoms with E-state index < -0.39 is 0 Å². The Hall–Kier alpha value is -1.63. The largest absolute Gasteiger partial charge is 0.212 e. The number of aromatic nitrogens is 1. The summed E-state index contributed by atoms with van der Waals surface area (Å²) in [6.45, 7) is 6.62. The van der Waals surface area contributed by atoms with Gasteiger partial charge >= 0.3 is 0 Å². The fraction of sp³-hybridized carbons (Fsp3) is 0.450. The summed E-state index contributed by atoms with van der Waals surface area (Å²) in [5.41, 5.74) is 8.33. The molecule has 1 aromatic carbocycles. The van der Waals surface area contributed by atoms with Crippen LogP contribution < -0.4 is 4.57 Å². The van der Waals surface area contributed by atoms with Gasteiger partial charge in [0.05, 0.1) is 0 Å². The van der Waals surface area contributed by atoms with Crippen LogP contribution in [0.4, 0.5) is 0 Å². The van der Waals surface area contributed by atoms with Crippen molar-refractivity contribution in [2.75, 3.05) is 0 Å². The molecule has 0 amide bonds. The van der Waals surface area contributed by atoms with Crippen LogP contribution in [0.25, 0.3) is 11.3 Å². The van der Waals surface area contributed by atoms with E-state index in [0.717, 1.165) is 5.92 Å². The second-order valence-electron chi connectivity index (χ2n) is 6.69. The molecule has 1 aliphatic rings. The third kappa shape index (κ3) is 2.74. The molecule has 1 heterocycles. The van der Waals surface area contributed by atoms with E-state index in [9.17, 15) is 0 Å². The molecular formula is C20H26N+. The maximum atomic E-state index is 2.42. The Morgan fingerprint density at radius 1 is 0.905 bits per heavy atom. The predicted octanol–water partition coefficient (Wildman–Crippen LogP) is 4.76. The summed E-state index contributed by atoms with van der Waals surface area (Å²) >= 11 is 0. The lowest BCUT2D eigenvalue weighted by Gasteiger charge is -2.13. The van der Waals surface area contributed by atoms with Gasteiger partial charge in [0, 0.05) is 17.2 Å². The van der Waals surface area contributed by atoms with Gasteiger partial charge < -0.3 is 0 Å². The second kappa shape index (κ2) is 5.63. The smallest absolute Gasteiger partial charge is 0.201 e. The summed E-state index contributed by atoms with van der Waals surface area (Å²) < 4.78 is 2.25. The zero-order valence-corrected chi connectivity index (χ0v) is 13.7. The van der Waals surface area contributed by atoms with Crippen LogP contribution >= 0.6 is 0 Å². The van der Waals surface area contributed by atoms with Gasteiger partial charge in [-0.15, -0.1) is 0 Å². The molecule has 1 aliphatic carbocycles. The Balaban J connectivity index is 2.01. The Bertz CT molecular complexity index is 664. The van der Waals surface area contributed by atoms with Gasteiger partial charge in [0.2, 0.25) is 5.69 Å². The summed E-state index contributed by atoms with van der Waals surface area (Å²) in [4.78, 5) is 0. The molecule has 1 nitrogen and oxygen atoms in total. The number of nitrogens with zero attached hydrogens (tertiary/aromatic N) is 1. The summed E-state index contributed by atoms with van der Waals surface area (Å²) in [6, 6.07) is 9.41. The number of pyridine rings is 1.